The van der Waals surface area contributed by atoms with Crippen LogP contribution in [0.15, 0.2) is 25.6 Å². The van der Waals surface area contributed by atoms with E-state index in [0.717, 1.165) is 4.47 Å². The van der Waals surface area contributed by atoms with E-state index in [2.05, 4.69) is 47.8 Å². The molecule has 2 rings (SSSR count). The van der Waals surface area contributed by atoms with Crippen molar-refractivity contribution in [2.24, 2.45) is 0 Å². The Balaban J connectivity index is 2.22. The number of benzene rings is 1. The Hall–Kier alpha value is 0.260. The molecule has 0 radical (unpaired) electrons. The van der Waals surface area contributed by atoms with E-state index in [1.807, 2.05) is 0 Å². The second-order valence-electron chi connectivity index (χ2n) is 4.51. The third kappa shape index (κ3) is 3.78. The first-order valence-corrected chi connectivity index (χ1v) is 8.34. The molecule has 1 fully saturated rings. The Labute approximate surface area is 146 Å². The maximum absolute atomic E-state index is 9.94. The largest absolute Gasteiger partial charge is 0.460 e. The van der Waals surface area contributed by atoms with Crippen molar-refractivity contribution in [2.75, 3.05) is 6.61 Å². The van der Waals surface area contributed by atoms with Crippen LogP contribution in [-0.2, 0) is 4.74 Å². The molecule has 21 heavy (non-hydrogen) atoms. The Bertz CT molecular complexity index is 489. The average Bonchev–Trinajstić information content (AvgIpc) is 2.42. The van der Waals surface area contributed by atoms with Gasteiger partial charge >= 0.3 is 0 Å². The highest BCUT2D eigenvalue weighted by atomic mass is 79.9. The van der Waals surface area contributed by atoms with E-state index >= 15 is 0 Å². The third-order valence-electron chi connectivity index (χ3n) is 3.05. The molecule has 5 atom stereocenters. The molecular weight excluding hydrogens is 480 g/mol. The number of hydrogen-bond donors (Lipinski definition) is 4. The molecule has 0 spiro atoms. The molecule has 0 saturated carbocycles. The van der Waals surface area contributed by atoms with Crippen molar-refractivity contribution in [3.8, 4) is 5.75 Å². The van der Waals surface area contributed by atoms with Crippen molar-refractivity contribution in [1.29, 1.82) is 0 Å². The predicted octanol–water partition coefficient (Wildman–Crippen LogP) is 1.15. The normalized spacial score (nSPS) is 33.0. The lowest BCUT2D eigenvalue weighted by Gasteiger charge is -2.39. The summed E-state index contributed by atoms with van der Waals surface area (Å²) >= 11 is 9.96. The highest BCUT2D eigenvalue weighted by Gasteiger charge is 2.45. The summed E-state index contributed by atoms with van der Waals surface area (Å²) in [4.78, 5) is 0. The van der Waals surface area contributed by atoms with Gasteiger partial charge in [-0.15, -0.1) is 0 Å². The van der Waals surface area contributed by atoms with Crippen LogP contribution in [0.2, 0.25) is 0 Å². The van der Waals surface area contributed by atoms with Crippen LogP contribution < -0.4 is 4.74 Å². The molecule has 1 heterocycles. The van der Waals surface area contributed by atoms with Gasteiger partial charge < -0.3 is 29.9 Å². The van der Waals surface area contributed by atoms with Crippen LogP contribution in [0.4, 0.5) is 0 Å². The molecule has 0 unspecified atom stereocenters. The number of hydrogen-bond acceptors (Lipinski definition) is 6. The third-order valence-corrected chi connectivity index (χ3v) is 4.68. The maximum atomic E-state index is 9.94. The van der Waals surface area contributed by atoms with Crippen molar-refractivity contribution in [1.82, 2.24) is 0 Å². The molecule has 4 N–H and O–H groups in total. The lowest BCUT2D eigenvalue weighted by molar-refractivity contribution is -0.277. The van der Waals surface area contributed by atoms with Crippen LogP contribution in [0.25, 0.3) is 0 Å². The van der Waals surface area contributed by atoms with Gasteiger partial charge in [0.2, 0.25) is 6.29 Å². The zero-order valence-corrected chi connectivity index (χ0v) is 15.2. The summed E-state index contributed by atoms with van der Waals surface area (Å²) < 4.78 is 12.9. The van der Waals surface area contributed by atoms with Crippen LogP contribution in [0.3, 0.4) is 0 Å². The minimum atomic E-state index is -1.48. The second kappa shape index (κ2) is 7.22. The highest BCUT2D eigenvalue weighted by Crippen LogP contribution is 2.38. The standard InChI is InChI=1S/C12H13Br3O6/c13-4-1-5(14)11(6(15)2-4)21-12-10(19)9(18)8(17)7(3-16)20-12/h1-2,7-10,12,16-19H,3H2/t7-,8+,9+,10-,12-/m0/s1. The lowest BCUT2D eigenvalue weighted by atomic mass is 9.99. The maximum Gasteiger partial charge on any atom is 0.229 e. The quantitative estimate of drug-likeness (QED) is 0.505. The molecule has 1 aromatic rings. The molecule has 0 aromatic heterocycles. The van der Waals surface area contributed by atoms with Crippen molar-refractivity contribution >= 4 is 47.8 Å². The van der Waals surface area contributed by atoms with Gasteiger partial charge in [0.25, 0.3) is 0 Å². The lowest BCUT2D eigenvalue weighted by Crippen LogP contribution is -2.60. The molecule has 1 aliphatic heterocycles. The fourth-order valence-electron chi connectivity index (χ4n) is 1.92. The van der Waals surface area contributed by atoms with E-state index in [1.165, 1.54) is 0 Å². The van der Waals surface area contributed by atoms with Crippen LogP contribution in [0.5, 0.6) is 5.75 Å². The first-order valence-electron chi connectivity index (χ1n) is 5.97. The number of halogens is 3. The van der Waals surface area contributed by atoms with E-state index in [-0.39, 0.29) is 0 Å². The molecule has 6 nitrogen and oxygen atoms in total. The summed E-state index contributed by atoms with van der Waals surface area (Å²) in [6.07, 6.45) is -6.59. The predicted molar refractivity (Wildman–Crippen MR) is 83.9 cm³/mol. The van der Waals surface area contributed by atoms with Crippen LogP contribution in [-0.4, -0.2) is 57.7 Å². The van der Waals surface area contributed by atoms with Gasteiger partial charge in [0, 0.05) is 4.47 Å². The Morgan fingerprint density at radius 3 is 2.10 bits per heavy atom. The summed E-state index contributed by atoms with van der Waals surface area (Å²) in [6.45, 7) is -0.506. The number of aliphatic hydroxyl groups excluding tert-OH is 4. The SMILES string of the molecule is OC[C@@H]1O[C@@H](Oc2c(Br)cc(Br)cc2Br)[C@@H](O)[C@H](O)[C@@H]1O. The monoisotopic (exact) mass is 490 g/mol. The topological polar surface area (TPSA) is 99.4 Å². The zero-order chi connectivity index (χ0) is 15.7. The molecule has 1 aromatic carbocycles. The summed E-state index contributed by atoms with van der Waals surface area (Å²) in [6, 6.07) is 3.48. The van der Waals surface area contributed by atoms with Crippen molar-refractivity contribution < 1.29 is 29.9 Å². The van der Waals surface area contributed by atoms with E-state index in [4.69, 9.17) is 14.6 Å². The minimum absolute atomic E-state index is 0.363. The number of rotatable bonds is 3. The van der Waals surface area contributed by atoms with Gasteiger partial charge in [-0.05, 0) is 44.0 Å². The smallest absolute Gasteiger partial charge is 0.229 e. The molecule has 0 bridgehead atoms. The molecule has 118 valence electrons. The van der Waals surface area contributed by atoms with Crippen molar-refractivity contribution in [3.63, 3.8) is 0 Å². The van der Waals surface area contributed by atoms with E-state index < -0.39 is 37.3 Å². The molecule has 9 heteroatoms. The molecule has 0 aliphatic carbocycles. The number of ether oxygens (including phenoxy) is 2. The van der Waals surface area contributed by atoms with E-state index in [1.54, 1.807) is 12.1 Å². The van der Waals surface area contributed by atoms with Gasteiger partial charge in [0.15, 0.2) is 5.75 Å². The van der Waals surface area contributed by atoms with Gasteiger partial charge in [0.1, 0.15) is 24.4 Å². The van der Waals surface area contributed by atoms with Crippen LogP contribution in [0.1, 0.15) is 0 Å². The van der Waals surface area contributed by atoms with Gasteiger partial charge in [-0.2, -0.15) is 0 Å². The Morgan fingerprint density at radius 2 is 1.57 bits per heavy atom. The molecule has 1 saturated heterocycles. The van der Waals surface area contributed by atoms with E-state index in [9.17, 15) is 15.3 Å². The van der Waals surface area contributed by atoms with Crippen LogP contribution in [0, 0.1) is 0 Å². The highest BCUT2D eigenvalue weighted by molar-refractivity contribution is 9.11. The van der Waals surface area contributed by atoms with E-state index in [0.29, 0.717) is 14.7 Å². The zero-order valence-electron chi connectivity index (χ0n) is 10.5. The summed E-state index contributed by atoms with van der Waals surface area (Å²) in [7, 11) is 0. The summed E-state index contributed by atoms with van der Waals surface area (Å²) in [5.41, 5.74) is 0. The van der Waals surface area contributed by atoms with Gasteiger partial charge in [0.05, 0.1) is 15.6 Å². The Kier molecular flexibility index (Phi) is 6.06. The van der Waals surface area contributed by atoms with Crippen molar-refractivity contribution in [2.45, 2.75) is 30.7 Å². The Morgan fingerprint density at radius 1 is 1.00 bits per heavy atom. The van der Waals surface area contributed by atoms with Gasteiger partial charge in [-0.25, -0.2) is 0 Å². The summed E-state index contributed by atoms with van der Waals surface area (Å²) in [5, 5.41) is 38.5. The fraction of sp³-hybridized carbons (Fsp3) is 0.500. The van der Waals surface area contributed by atoms with Gasteiger partial charge in [-0.1, -0.05) is 15.9 Å². The summed E-state index contributed by atoms with van der Waals surface area (Å²) in [5.74, 6) is 0.363. The average molecular weight is 493 g/mol. The minimum Gasteiger partial charge on any atom is -0.460 e. The number of aliphatic hydroxyl groups is 4. The molecular formula is C12H13Br3O6. The first kappa shape index (κ1) is 17.6. The van der Waals surface area contributed by atoms with Crippen LogP contribution >= 0.6 is 47.8 Å². The van der Waals surface area contributed by atoms with Gasteiger partial charge in [-0.3, -0.25) is 0 Å². The molecule has 1 aliphatic rings. The second-order valence-corrected chi connectivity index (χ2v) is 7.14. The van der Waals surface area contributed by atoms with Crippen molar-refractivity contribution in [3.05, 3.63) is 25.6 Å². The first-order chi connectivity index (χ1) is 9.85. The molecule has 0 amide bonds. The fourth-order valence-corrected chi connectivity index (χ4v) is 4.37.